The van der Waals surface area contributed by atoms with Gasteiger partial charge in [-0.25, -0.2) is 4.79 Å². The largest absolute Gasteiger partial charge is 0.477 e. The third kappa shape index (κ3) is 71.1. The molecular formula is C78H150NO8+. The Kier molecular flexibility index (Phi) is 67.9. The molecule has 9 nitrogen and oxygen atoms in total. The molecular weight excluding hydrogens is 1080 g/mol. The van der Waals surface area contributed by atoms with Gasteiger partial charge in [-0.3, -0.25) is 9.59 Å². The first-order chi connectivity index (χ1) is 42.6. The number of unbranched alkanes of at least 4 members (excludes halogenated alkanes) is 54. The number of carbonyl (C=O) groups excluding carboxylic acids is 2. The van der Waals surface area contributed by atoms with Gasteiger partial charge in [0.1, 0.15) is 13.2 Å². The van der Waals surface area contributed by atoms with E-state index in [-0.39, 0.29) is 38.2 Å². The second-order valence-corrected chi connectivity index (χ2v) is 27.7. The molecule has 0 aromatic heterocycles. The maximum absolute atomic E-state index is 13.0. The predicted octanol–water partition coefficient (Wildman–Crippen LogP) is 24.1. The minimum Gasteiger partial charge on any atom is -0.477 e. The Morgan fingerprint density at radius 3 is 0.908 bits per heavy atom. The smallest absolute Gasteiger partial charge is 0.361 e. The summed E-state index contributed by atoms with van der Waals surface area (Å²) in [6, 6.07) is 0. The molecule has 0 aliphatic heterocycles. The monoisotopic (exact) mass is 1230 g/mol. The van der Waals surface area contributed by atoms with Crippen LogP contribution in [0.3, 0.4) is 0 Å². The van der Waals surface area contributed by atoms with E-state index in [9.17, 15) is 19.5 Å². The molecule has 0 fully saturated rings. The molecule has 514 valence electrons. The van der Waals surface area contributed by atoms with Gasteiger partial charge in [0.05, 0.1) is 34.4 Å². The van der Waals surface area contributed by atoms with Crippen molar-refractivity contribution in [3.05, 3.63) is 24.3 Å². The predicted molar refractivity (Wildman–Crippen MR) is 374 cm³/mol. The van der Waals surface area contributed by atoms with E-state index in [1.54, 1.807) is 0 Å². The minimum absolute atomic E-state index is 0.174. The highest BCUT2D eigenvalue weighted by atomic mass is 16.7. The lowest BCUT2D eigenvalue weighted by Gasteiger charge is -2.25. The van der Waals surface area contributed by atoms with Crippen molar-refractivity contribution in [1.29, 1.82) is 0 Å². The highest BCUT2D eigenvalue weighted by Crippen LogP contribution is 2.20. The number of hydrogen-bond acceptors (Lipinski definition) is 7. The number of esters is 2. The Morgan fingerprint density at radius 2 is 0.621 bits per heavy atom. The Morgan fingerprint density at radius 1 is 0.345 bits per heavy atom. The van der Waals surface area contributed by atoms with E-state index in [0.29, 0.717) is 17.4 Å². The van der Waals surface area contributed by atoms with Gasteiger partial charge in [0.15, 0.2) is 6.10 Å². The van der Waals surface area contributed by atoms with Crippen LogP contribution in [0.2, 0.25) is 0 Å². The van der Waals surface area contributed by atoms with Crippen LogP contribution >= 0.6 is 0 Å². The number of nitrogens with zero attached hydrogens (tertiary/aromatic N) is 1. The van der Waals surface area contributed by atoms with Crippen LogP contribution in [0.4, 0.5) is 0 Å². The van der Waals surface area contributed by atoms with E-state index in [0.717, 1.165) is 44.9 Å². The van der Waals surface area contributed by atoms with E-state index >= 15 is 0 Å². The zero-order valence-electron chi connectivity index (χ0n) is 59.0. The van der Waals surface area contributed by atoms with Gasteiger partial charge in [-0.15, -0.1) is 0 Å². The first kappa shape index (κ1) is 84.8. The SMILES string of the molecule is CCCCCCC/C=C\C/C=C\CCCCCCCCCCCCCCCCCCCCCCCCCC(=O)OC(COC(=O)CCCCCCCCCCCCCCCCCCCCCCCCCCCCC)COC(OCC[N+](C)(C)C)C(=O)O. The molecule has 9 heteroatoms. The Labute approximate surface area is 541 Å². The van der Waals surface area contributed by atoms with Crippen molar-refractivity contribution < 1.29 is 42.9 Å². The van der Waals surface area contributed by atoms with Crippen molar-refractivity contribution in [2.24, 2.45) is 0 Å². The van der Waals surface area contributed by atoms with Crippen LogP contribution in [0.5, 0.6) is 0 Å². The van der Waals surface area contributed by atoms with Crippen LogP contribution < -0.4 is 0 Å². The lowest BCUT2D eigenvalue weighted by Crippen LogP contribution is -2.40. The number of likely N-dealkylation sites (N-methyl/N-ethyl adjacent to an activating group) is 1. The number of rotatable bonds is 73. The fourth-order valence-corrected chi connectivity index (χ4v) is 11.8. The van der Waals surface area contributed by atoms with E-state index < -0.39 is 18.4 Å². The van der Waals surface area contributed by atoms with Crippen LogP contribution in [-0.2, 0) is 33.3 Å². The van der Waals surface area contributed by atoms with Crippen molar-refractivity contribution in [2.45, 2.75) is 411 Å². The van der Waals surface area contributed by atoms with Crippen molar-refractivity contribution in [2.75, 3.05) is 47.5 Å². The number of quaternary nitrogens is 1. The Balaban J connectivity index is 3.98. The van der Waals surface area contributed by atoms with E-state index in [4.69, 9.17) is 18.9 Å². The molecule has 0 saturated carbocycles. The number of hydrogen-bond donors (Lipinski definition) is 1. The number of ether oxygens (including phenoxy) is 4. The quantitative estimate of drug-likeness (QED) is 0.0211. The molecule has 0 heterocycles. The van der Waals surface area contributed by atoms with Crippen molar-refractivity contribution in [3.63, 3.8) is 0 Å². The van der Waals surface area contributed by atoms with E-state index in [1.165, 1.54) is 327 Å². The van der Waals surface area contributed by atoms with Gasteiger partial charge in [-0.2, -0.15) is 0 Å². The summed E-state index contributed by atoms with van der Waals surface area (Å²) in [5.74, 6) is -1.97. The molecule has 0 aromatic carbocycles. The van der Waals surface area contributed by atoms with Gasteiger partial charge in [-0.1, -0.05) is 366 Å². The summed E-state index contributed by atoms with van der Waals surface area (Å²) in [4.78, 5) is 37.7. The normalized spacial score (nSPS) is 12.7. The molecule has 2 atom stereocenters. The zero-order chi connectivity index (χ0) is 63.3. The summed E-state index contributed by atoms with van der Waals surface area (Å²) in [7, 11) is 6.00. The first-order valence-corrected chi connectivity index (χ1v) is 38.5. The van der Waals surface area contributed by atoms with Crippen molar-refractivity contribution >= 4 is 17.9 Å². The highest BCUT2D eigenvalue weighted by Gasteiger charge is 2.25. The zero-order valence-corrected chi connectivity index (χ0v) is 59.0. The molecule has 0 spiro atoms. The molecule has 1 N–H and O–H groups in total. The standard InChI is InChI=1S/C78H149NO8/c1-6-8-10-12-14-16-18-20-22-24-26-28-30-32-34-35-36-37-38-39-40-41-43-45-47-49-51-53-55-57-59-61-63-65-67-69-76(81)87-74(73-86-78(77(82)83)84-71-70-79(3,4)5)72-85-75(80)68-66-64-62-60-58-56-54-52-50-48-46-44-42-33-31-29-27-25-23-21-19-17-15-13-11-9-7-2/h18,20,24,26,74,78H,6-17,19,21-23,25,27-73H2,1-5H3/p+1/b20-18-,26-24-. The van der Waals surface area contributed by atoms with Gasteiger partial charge in [0, 0.05) is 12.8 Å². The second-order valence-electron chi connectivity index (χ2n) is 27.7. The van der Waals surface area contributed by atoms with Gasteiger partial charge in [0.25, 0.3) is 6.29 Å². The second kappa shape index (κ2) is 69.7. The van der Waals surface area contributed by atoms with Crippen molar-refractivity contribution in [1.82, 2.24) is 0 Å². The lowest BCUT2D eigenvalue weighted by atomic mass is 10.0. The van der Waals surface area contributed by atoms with Crippen LogP contribution in [0.25, 0.3) is 0 Å². The average Bonchev–Trinajstić information content (AvgIpc) is 3.56. The molecule has 87 heavy (non-hydrogen) atoms. The molecule has 0 radical (unpaired) electrons. The molecule has 0 rings (SSSR count). The van der Waals surface area contributed by atoms with Crippen molar-refractivity contribution in [3.8, 4) is 0 Å². The Hall–Kier alpha value is -2.23. The molecule has 2 unspecified atom stereocenters. The van der Waals surface area contributed by atoms with Crippen LogP contribution in [0, 0.1) is 0 Å². The summed E-state index contributed by atoms with van der Waals surface area (Å²) in [5.41, 5.74) is 0. The highest BCUT2D eigenvalue weighted by molar-refractivity contribution is 5.71. The average molecular weight is 1230 g/mol. The number of carbonyl (C=O) groups is 3. The lowest BCUT2D eigenvalue weighted by molar-refractivity contribution is -0.870. The third-order valence-corrected chi connectivity index (χ3v) is 17.7. The summed E-state index contributed by atoms with van der Waals surface area (Å²) in [6.45, 7) is 4.95. The van der Waals surface area contributed by atoms with Gasteiger partial charge < -0.3 is 28.5 Å². The summed E-state index contributed by atoms with van der Waals surface area (Å²) < 4.78 is 23.1. The van der Waals surface area contributed by atoms with Gasteiger partial charge in [0.2, 0.25) is 0 Å². The van der Waals surface area contributed by atoms with Crippen LogP contribution in [0.1, 0.15) is 399 Å². The molecule has 0 aromatic rings. The summed E-state index contributed by atoms with van der Waals surface area (Å²) >= 11 is 0. The number of aliphatic carboxylic acids is 1. The fourth-order valence-electron chi connectivity index (χ4n) is 11.8. The number of carboxylic acids is 1. The van der Waals surface area contributed by atoms with E-state index in [1.807, 2.05) is 21.1 Å². The van der Waals surface area contributed by atoms with Gasteiger partial charge >= 0.3 is 17.9 Å². The molecule has 0 bridgehead atoms. The molecule has 0 saturated heterocycles. The maximum Gasteiger partial charge on any atom is 0.361 e. The number of allylic oxidation sites excluding steroid dienone is 4. The van der Waals surface area contributed by atoms with Crippen LogP contribution in [0.15, 0.2) is 24.3 Å². The Bertz CT molecular complexity index is 1480. The summed E-state index contributed by atoms with van der Waals surface area (Å²) in [5, 5.41) is 9.76. The fraction of sp³-hybridized carbons (Fsp3) is 0.910. The molecule has 0 amide bonds. The van der Waals surface area contributed by atoms with Gasteiger partial charge in [-0.05, 0) is 44.9 Å². The summed E-state index contributed by atoms with van der Waals surface area (Å²) in [6.07, 6.45) is 84.7. The third-order valence-electron chi connectivity index (χ3n) is 17.7. The topological polar surface area (TPSA) is 108 Å². The number of carboxylic acid groups (broad SMARTS) is 1. The minimum atomic E-state index is -1.51. The van der Waals surface area contributed by atoms with Crippen LogP contribution in [-0.4, -0.2) is 87.4 Å². The maximum atomic E-state index is 13.0. The molecule has 0 aliphatic carbocycles. The molecule has 0 aliphatic rings. The first-order valence-electron chi connectivity index (χ1n) is 38.5. The van der Waals surface area contributed by atoms with E-state index in [2.05, 4.69) is 38.2 Å².